The van der Waals surface area contributed by atoms with E-state index in [9.17, 15) is 13.2 Å². The summed E-state index contributed by atoms with van der Waals surface area (Å²) in [6.45, 7) is 1.71. The predicted octanol–water partition coefficient (Wildman–Crippen LogP) is 1.78. The van der Waals surface area contributed by atoms with Crippen molar-refractivity contribution < 1.29 is 17.9 Å². The van der Waals surface area contributed by atoms with Crippen molar-refractivity contribution in [1.82, 2.24) is 0 Å². The number of ether oxygens (including phenoxy) is 1. The number of hydrogen-bond acceptors (Lipinski definition) is 5. The van der Waals surface area contributed by atoms with Crippen LogP contribution in [0.4, 0.5) is 11.4 Å². The van der Waals surface area contributed by atoms with Crippen LogP contribution >= 0.6 is 0 Å². The van der Waals surface area contributed by atoms with Gasteiger partial charge in [-0.05, 0) is 43.3 Å². The molecule has 2 aromatic carbocycles. The zero-order valence-corrected chi connectivity index (χ0v) is 14.1. The molecule has 0 unspecified atom stereocenters. The van der Waals surface area contributed by atoms with Crippen LogP contribution in [-0.2, 0) is 14.8 Å². The molecule has 8 heteroatoms. The summed E-state index contributed by atoms with van der Waals surface area (Å²) in [6, 6.07) is 12.4. The number of carbonyl (C=O) groups excluding carboxylic acids is 1. The second kappa shape index (κ2) is 7.33. The minimum absolute atomic E-state index is 0.0132. The first-order valence-electron chi connectivity index (χ1n) is 7.14. The lowest BCUT2D eigenvalue weighted by Gasteiger charge is -2.17. The highest BCUT2D eigenvalue weighted by atomic mass is 32.2. The fraction of sp³-hybridized carbons (Fsp3) is 0.188. The standard InChI is InChI=1S/C16H19N3O4S/c1-11(18-14-5-3-4-6-15(14)23-2)16(20)19-12-7-9-13(10-8-12)24(17,21)22/h3-11,18H,1-2H3,(H,19,20)(H2,17,21,22)/t11-/m0/s1. The molecule has 4 N–H and O–H groups in total. The monoisotopic (exact) mass is 349 g/mol. The van der Waals surface area contributed by atoms with E-state index < -0.39 is 16.1 Å². The van der Waals surface area contributed by atoms with E-state index in [1.54, 1.807) is 20.1 Å². The second-order valence-corrected chi connectivity index (χ2v) is 6.69. The van der Waals surface area contributed by atoms with E-state index in [0.717, 1.165) is 0 Å². The third kappa shape index (κ3) is 4.46. The number of nitrogens with two attached hydrogens (primary N) is 1. The summed E-state index contributed by atoms with van der Waals surface area (Å²) in [7, 11) is -2.20. The van der Waals surface area contributed by atoms with E-state index in [1.807, 2.05) is 18.2 Å². The third-order valence-corrected chi connectivity index (χ3v) is 4.25. The Bertz CT molecular complexity index is 819. The molecule has 0 aliphatic carbocycles. The van der Waals surface area contributed by atoms with E-state index in [4.69, 9.17) is 9.88 Å². The van der Waals surface area contributed by atoms with Crippen LogP contribution in [0.2, 0.25) is 0 Å². The Hall–Kier alpha value is -2.58. The van der Waals surface area contributed by atoms with Gasteiger partial charge >= 0.3 is 0 Å². The van der Waals surface area contributed by atoms with Gasteiger partial charge in [-0.15, -0.1) is 0 Å². The molecule has 0 bridgehead atoms. The highest BCUT2D eigenvalue weighted by Gasteiger charge is 2.15. The highest BCUT2D eigenvalue weighted by molar-refractivity contribution is 7.89. The number of primary sulfonamides is 1. The van der Waals surface area contributed by atoms with Crippen molar-refractivity contribution in [3.63, 3.8) is 0 Å². The summed E-state index contributed by atoms with van der Waals surface area (Å²) in [5.74, 6) is 0.360. The van der Waals surface area contributed by atoms with E-state index in [0.29, 0.717) is 17.1 Å². The van der Waals surface area contributed by atoms with Gasteiger partial charge in [0.25, 0.3) is 0 Å². The molecule has 0 fully saturated rings. The molecule has 0 aromatic heterocycles. The van der Waals surface area contributed by atoms with Gasteiger partial charge in [-0.1, -0.05) is 12.1 Å². The first-order chi connectivity index (χ1) is 11.3. The van der Waals surface area contributed by atoms with Crippen molar-refractivity contribution >= 4 is 27.3 Å². The van der Waals surface area contributed by atoms with Gasteiger partial charge in [0, 0.05) is 5.69 Å². The van der Waals surface area contributed by atoms with Crippen molar-refractivity contribution in [2.24, 2.45) is 5.14 Å². The molecule has 24 heavy (non-hydrogen) atoms. The molecular formula is C16H19N3O4S. The Kier molecular flexibility index (Phi) is 5.42. The quantitative estimate of drug-likeness (QED) is 0.736. The van der Waals surface area contributed by atoms with Gasteiger partial charge in [0.05, 0.1) is 17.7 Å². The summed E-state index contributed by atoms with van der Waals surface area (Å²) in [5.41, 5.74) is 1.17. The van der Waals surface area contributed by atoms with Gasteiger partial charge in [0.2, 0.25) is 15.9 Å². The van der Waals surface area contributed by atoms with Gasteiger partial charge in [0.1, 0.15) is 11.8 Å². The molecule has 0 heterocycles. The number of carbonyl (C=O) groups is 1. The number of benzene rings is 2. The van der Waals surface area contributed by atoms with Crippen LogP contribution in [0.5, 0.6) is 5.75 Å². The normalized spacial score (nSPS) is 12.3. The first-order valence-corrected chi connectivity index (χ1v) is 8.69. The van der Waals surface area contributed by atoms with Crippen molar-refractivity contribution in [3.05, 3.63) is 48.5 Å². The molecule has 0 saturated carbocycles. The van der Waals surface area contributed by atoms with E-state index >= 15 is 0 Å². The summed E-state index contributed by atoms with van der Waals surface area (Å²) in [5, 5.41) is 10.8. The maximum Gasteiger partial charge on any atom is 0.246 e. The maximum absolute atomic E-state index is 12.2. The van der Waals surface area contributed by atoms with Crippen molar-refractivity contribution in [2.75, 3.05) is 17.7 Å². The Balaban J connectivity index is 2.04. The predicted molar refractivity (Wildman–Crippen MR) is 92.5 cm³/mol. The number of rotatable bonds is 6. The molecule has 0 saturated heterocycles. The number of nitrogens with one attached hydrogen (secondary N) is 2. The Morgan fingerprint density at radius 2 is 1.75 bits per heavy atom. The summed E-state index contributed by atoms with van der Waals surface area (Å²) in [6.07, 6.45) is 0. The van der Waals surface area contributed by atoms with Gasteiger partial charge in [-0.25, -0.2) is 13.6 Å². The van der Waals surface area contributed by atoms with Gasteiger partial charge in [0.15, 0.2) is 0 Å². The lowest BCUT2D eigenvalue weighted by Crippen LogP contribution is -2.32. The van der Waals surface area contributed by atoms with Crippen LogP contribution in [0.15, 0.2) is 53.4 Å². The number of methoxy groups -OCH3 is 1. The first kappa shape index (κ1) is 17.8. The van der Waals surface area contributed by atoms with Crippen LogP contribution in [0.25, 0.3) is 0 Å². The molecule has 0 radical (unpaired) electrons. The fourth-order valence-corrected chi connectivity index (χ4v) is 2.56. The average molecular weight is 349 g/mol. The Morgan fingerprint density at radius 1 is 1.12 bits per heavy atom. The fourth-order valence-electron chi connectivity index (χ4n) is 2.04. The number of hydrogen-bond donors (Lipinski definition) is 3. The molecule has 1 atom stereocenters. The number of anilines is 2. The van der Waals surface area contributed by atoms with Crippen LogP contribution in [0, 0.1) is 0 Å². The lowest BCUT2D eigenvalue weighted by molar-refractivity contribution is -0.116. The molecule has 2 aromatic rings. The topological polar surface area (TPSA) is 111 Å². The smallest absolute Gasteiger partial charge is 0.246 e. The minimum Gasteiger partial charge on any atom is -0.495 e. The van der Waals surface area contributed by atoms with Gasteiger partial charge in [-0.3, -0.25) is 4.79 Å². The van der Waals surface area contributed by atoms with E-state index in [-0.39, 0.29) is 10.8 Å². The molecule has 2 rings (SSSR count). The van der Waals surface area contributed by atoms with Crippen LogP contribution in [-0.4, -0.2) is 27.5 Å². The molecule has 0 aliphatic heterocycles. The van der Waals surface area contributed by atoms with Crippen LogP contribution in [0.1, 0.15) is 6.92 Å². The van der Waals surface area contributed by atoms with E-state index in [1.165, 1.54) is 24.3 Å². The molecular weight excluding hydrogens is 330 g/mol. The molecule has 7 nitrogen and oxygen atoms in total. The number of para-hydroxylation sites is 2. The summed E-state index contributed by atoms with van der Waals surface area (Å²) in [4.78, 5) is 12.2. The molecule has 0 spiro atoms. The van der Waals surface area contributed by atoms with Crippen LogP contribution in [0.3, 0.4) is 0 Å². The van der Waals surface area contributed by atoms with Crippen LogP contribution < -0.4 is 20.5 Å². The third-order valence-electron chi connectivity index (χ3n) is 3.32. The number of amides is 1. The SMILES string of the molecule is COc1ccccc1N[C@@H](C)C(=O)Nc1ccc(S(N)(=O)=O)cc1. The van der Waals surface area contributed by atoms with Crippen molar-refractivity contribution in [2.45, 2.75) is 17.9 Å². The Labute approximate surface area is 140 Å². The lowest BCUT2D eigenvalue weighted by atomic mass is 10.2. The van der Waals surface area contributed by atoms with Gasteiger partial charge < -0.3 is 15.4 Å². The molecule has 128 valence electrons. The van der Waals surface area contributed by atoms with Crippen molar-refractivity contribution in [1.29, 1.82) is 0 Å². The second-order valence-electron chi connectivity index (χ2n) is 5.12. The molecule has 0 aliphatic rings. The van der Waals surface area contributed by atoms with E-state index in [2.05, 4.69) is 10.6 Å². The zero-order valence-electron chi connectivity index (χ0n) is 13.3. The zero-order chi connectivity index (χ0) is 17.7. The summed E-state index contributed by atoms with van der Waals surface area (Å²) >= 11 is 0. The minimum atomic E-state index is -3.75. The Morgan fingerprint density at radius 3 is 2.33 bits per heavy atom. The summed E-state index contributed by atoms with van der Waals surface area (Å²) < 4.78 is 27.6. The number of sulfonamides is 1. The molecule has 1 amide bonds. The largest absolute Gasteiger partial charge is 0.495 e. The average Bonchev–Trinajstić information content (AvgIpc) is 2.55. The van der Waals surface area contributed by atoms with Gasteiger partial charge in [-0.2, -0.15) is 0 Å². The highest BCUT2D eigenvalue weighted by Crippen LogP contribution is 2.24. The maximum atomic E-state index is 12.2. The van der Waals surface area contributed by atoms with Crippen molar-refractivity contribution in [3.8, 4) is 5.75 Å².